The first-order valence-electron chi connectivity index (χ1n) is 12.0. The fourth-order valence-electron chi connectivity index (χ4n) is 4.49. The number of amides is 5. The van der Waals surface area contributed by atoms with E-state index in [0.29, 0.717) is 10.7 Å². The van der Waals surface area contributed by atoms with E-state index in [4.69, 9.17) is 21.9 Å². The Morgan fingerprint density at radius 3 is 2.51 bits per heavy atom. The number of fused-ring (bicyclic) bond motifs is 1. The van der Waals surface area contributed by atoms with Gasteiger partial charge in [0.05, 0.1) is 13.1 Å². The number of nitrogens with two attached hydrogens (primary N) is 1. The molecule has 0 bridgehead atoms. The van der Waals surface area contributed by atoms with Crippen molar-refractivity contribution in [2.24, 2.45) is 5.84 Å². The van der Waals surface area contributed by atoms with Crippen molar-refractivity contribution in [3.63, 3.8) is 0 Å². The molecular weight excluding hydrogens is 496 g/mol. The third kappa shape index (κ3) is 5.50. The number of nitrogens with zero attached hydrogens (tertiary/aromatic N) is 3. The summed E-state index contributed by atoms with van der Waals surface area (Å²) in [4.78, 5) is 40.8. The summed E-state index contributed by atoms with van der Waals surface area (Å²) in [5.41, 5.74) is 3.27. The van der Waals surface area contributed by atoms with Crippen LogP contribution in [0.25, 0.3) is 11.0 Å². The van der Waals surface area contributed by atoms with Crippen LogP contribution in [0, 0.1) is 6.92 Å². The van der Waals surface area contributed by atoms with Gasteiger partial charge in [0, 0.05) is 35.5 Å². The van der Waals surface area contributed by atoms with Crippen molar-refractivity contribution in [2.75, 3.05) is 11.9 Å². The van der Waals surface area contributed by atoms with Crippen molar-refractivity contribution in [1.29, 1.82) is 0 Å². The lowest BCUT2D eigenvalue weighted by Crippen LogP contribution is -2.71. The lowest BCUT2D eigenvalue weighted by molar-refractivity contribution is -0.119. The second kappa shape index (κ2) is 10.7. The second-order valence-electron chi connectivity index (χ2n) is 9.17. The molecule has 5 amide bonds. The van der Waals surface area contributed by atoms with Gasteiger partial charge in [-0.1, -0.05) is 30.7 Å². The Labute approximate surface area is 220 Å². The first kappa shape index (κ1) is 26.3. The number of rotatable bonds is 8. The molecule has 0 spiro atoms. The maximum atomic E-state index is 13.6. The summed E-state index contributed by atoms with van der Waals surface area (Å²) in [7, 11) is 0. The molecule has 11 heteroatoms. The van der Waals surface area contributed by atoms with Gasteiger partial charge in [0.15, 0.2) is 0 Å². The number of anilines is 1. The van der Waals surface area contributed by atoms with Crippen LogP contribution in [0.5, 0.6) is 0 Å². The van der Waals surface area contributed by atoms with Crippen LogP contribution in [-0.4, -0.2) is 51.7 Å². The molecule has 2 atom stereocenters. The normalized spacial score (nSPS) is 16.9. The number of aryl methyl sites for hydroxylation is 2. The molecule has 1 fully saturated rings. The zero-order chi connectivity index (χ0) is 26.9. The van der Waals surface area contributed by atoms with Crippen LogP contribution in [-0.2, 0) is 17.8 Å². The molecule has 37 heavy (non-hydrogen) atoms. The molecule has 1 saturated heterocycles. The highest BCUT2D eigenvalue weighted by atomic mass is 35.5. The van der Waals surface area contributed by atoms with E-state index in [9.17, 15) is 14.4 Å². The maximum Gasteiger partial charge on any atom is 0.345 e. The van der Waals surface area contributed by atoms with Gasteiger partial charge in [-0.2, -0.15) is 0 Å². The minimum atomic E-state index is -0.974. The van der Waals surface area contributed by atoms with Crippen LogP contribution in [0.15, 0.2) is 46.9 Å². The number of imide groups is 1. The number of furan rings is 1. The third-order valence-corrected chi connectivity index (χ3v) is 6.56. The van der Waals surface area contributed by atoms with Crippen LogP contribution in [0.1, 0.15) is 37.7 Å². The average molecular weight is 527 g/mol. The number of nitrogens with one attached hydrogen (secondary N) is 2. The molecular formula is C26H31ClN6O4. The molecule has 3 aromatic rings. The average Bonchev–Trinajstić information content (AvgIpc) is 3.18. The fourth-order valence-corrected chi connectivity index (χ4v) is 4.62. The summed E-state index contributed by atoms with van der Waals surface area (Å²) >= 11 is 6.04. The van der Waals surface area contributed by atoms with Crippen molar-refractivity contribution >= 4 is 46.2 Å². The lowest BCUT2D eigenvalue weighted by atomic mass is 10.1. The molecule has 2 heterocycles. The molecule has 196 valence electrons. The van der Waals surface area contributed by atoms with Gasteiger partial charge < -0.3 is 15.1 Å². The van der Waals surface area contributed by atoms with E-state index in [1.807, 2.05) is 32.0 Å². The topological polar surface area (TPSA) is 124 Å². The van der Waals surface area contributed by atoms with E-state index in [1.165, 1.54) is 11.8 Å². The number of benzene rings is 2. The van der Waals surface area contributed by atoms with E-state index < -0.39 is 24.4 Å². The van der Waals surface area contributed by atoms with Crippen molar-refractivity contribution in [2.45, 2.75) is 53.0 Å². The van der Waals surface area contributed by atoms with Crippen molar-refractivity contribution in [3.05, 3.63) is 64.4 Å². The summed E-state index contributed by atoms with van der Waals surface area (Å²) < 4.78 is 5.91. The maximum absolute atomic E-state index is 13.6. The standard InChI is InChI=1S/C26H31ClN6O4/c1-5-22-16(3)21-12-20(10-11-23(21)37-22)30-24-31(14-18-6-8-19(27)9-7-18)25(35)32(26(36)33(24)28)13-15(2)29-17(4)34/h6-12,15,24,30H,5,13-14,28H2,1-4H3,(H,29,34)/t15-,24?/m0/s1. The molecule has 10 nitrogen and oxygen atoms in total. The van der Waals surface area contributed by atoms with Crippen LogP contribution in [0.3, 0.4) is 0 Å². The number of carbonyl (C=O) groups is 3. The Morgan fingerprint density at radius 2 is 1.86 bits per heavy atom. The van der Waals surface area contributed by atoms with Gasteiger partial charge >= 0.3 is 12.1 Å². The number of carbonyl (C=O) groups excluding carboxylic acids is 3. The summed E-state index contributed by atoms with van der Waals surface area (Å²) in [5, 5.41) is 8.44. The molecule has 0 saturated carbocycles. The van der Waals surface area contributed by atoms with E-state index in [1.54, 1.807) is 31.2 Å². The highest BCUT2D eigenvalue weighted by molar-refractivity contribution is 6.30. The van der Waals surface area contributed by atoms with Crippen LogP contribution in [0.4, 0.5) is 15.3 Å². The first-order valence-corrected chi connectivity index (χ1v) is 12.4. The lowest BCUT2D eigenvalue weighted by Gasteiger charge is -2.46. The number of hydrazine groups is 1. The summed E-state index contributed by atoms with van der Waals surface area (Å²) in [5.74, 6) is 6.94. The Bertz CT molecular complexity index is 1320. The quantitative estimate of drug-likeness (QED) is 0.295. The van der Waals surface area contributed by atoms with E-state index in [2.05, 4.69) is 10.6 Å². The summed E-state index contributed by atoms with van der Waals surface area (Å²) in [6, 6.07) is 11.0. The SMILES string of the molecule is CCc1oc2ccc(NC3N(N)C(=O)N(C[C@H](C)NC(C)=O)C(=O)N3Cc3ccc(Cl)cc3)cc2c1C. The molecule has 1 aromatic heterocycles. The minimum absolute atomic E-state index is 0.0330. The molecule has 1 aliphatic rings. The monoisotopic (exact) mass is 526 g/mol. The summed E-state index contributed by atoms with van der Waals surface area (Å²) in [6.45, 7) is 7.24. The van der Waals surface area contributed by atoms with Gasteiger partial charge in [0.25, 0.3) is 0 Å². The zero-order valence-corrected chi connectivity index (χ0v) is 22.0. The highest BCUT2D eigenvalue weighted by Gasteiger charge is 2.43. The van der Waals surface area contributed by atoms with Gasteiger partial charge in [-0.15, -0.1) is 0 Å². The number of hydrogen-bond acceptors (Lipinski definition) is 6. The summed E-state index contributed by atoms with van der Waals surface area (Å²) in [6.07, 6.45) is -0.203. The van der Waals surface area contributed by atoms with Crippen LogP contribution < -0.4 is 16.5 Å². The van der Waals surface area contributed by atoms with Gasteiger partial charge in [-0.3, -0.25) is 9.69 Å². The fraction of sp³-hybridized carbons (Fsp3) is 0.346. The van der Waals surface area contributed by atoms with Crippen molar-refractivity contribution in [3.8, 4) is 0 Å². The van der Waals surface area contributed by atoms with Gasteiger partial charge in [0.1, 0.15) is 11.3 Å². The molecule has 4 rings (SSSR count). The van der Waals surface area contributed by atoms with Crippen LogP contribution >= 0.6 is 11.6 Å². The molecule has 0 aliphatic carbocycles. The van der Waals surface area contributed by atoms with E-state index in [-0.39, 0.29) is 19.0 Å². The molecule has 4 N–H and O–H groups in total. The third-order valence-electron chi connectivity index (χ3n) is 6.31. The Morgan fingerprint density at radius 1 is 1.16 bits per heavy atom. The second-order valence-corrected chi connectivity index (χ2v) is 9.61. The number of halogens is 1. The number of urea groups is 2. The van der Waals surface area contributed by atoms with E-state index in [0.717, 1.165) is 44.2 Å². The number of hydrogen-bond donors (Lipinski definition) is 3. The van der Waals surface area contributed by atoms with E-state index >= 15 is 0 Å². The largest absolute Gasteiger partial charge is 0.461 e. The predicted molar refractivity (Wildman–Crippen MR) is 142 cm³/mol. The van der Waals surface area contributed by atoms with Crippen LogP contribution in [0.2, 0.25) is 5.02 Å². The molecule has 1 unspecified atom stereocenters. The zero-order valence-electron chi connectivity index (χ0n) is 21.2. The van der Waals surface area contributed by atoms with Crippen molar-refractivity contribution < 1.29 is 18.8 Å². The highest BCUT2D eigenvalue weighted by Crippen LogP contribution is 2.30. The Kier molecular flexibility index (Phi) is 7.60. The Hall–Kier alpha value is -3.76. The first-order chi connectivity index (χ1) is 17.6. The Balaban J connectivity index is 1.67. The predicted octanol–water partition coefficient (Wildman–Crippen LogP) is 4.41. The van der Waals surface area contributed by atoms with Gasteiger partial charge in [-0.25, -0.2) is 25.3 Å². The van der Waals surface area contributed by atoms with Gasteiger partial charge in [-0.05, 0) is 55.3 Å². The van der Waals surface area contributed by atoms with Crippen molar-refractivity contribution in [1.82, 2.24) is 20.1 Å². The smallest absolute Gasteiger partial charge is 0.345 e. The minimum Gasteiger partial charge on any atom is -0.461 e. The van der Waals surface area contributed by atoms with Gasteiger partial charge in [0.2, 0.25) is 12.2 Å². The molecule has 1 aliphatic heterocycles. The molecule has 0 radical (unpaired) electrons. The molecule has 2 aromatic carbocycles.